The Hall–Kier alpha value is -1.01. The summed E-state index contributed by atoms with van der Waals surface area (Å²) in [6.45, 7) is 6.11. The zero-order valence-electron chi connectivity index (χ0n) is 11.5. The van der Waals surface area contributed by atoms with Gasteiger partial charge in [-0.1, -0.05) is 20.8 Å². The van der Waals surface area contributed by atoms with Crippen molar-refractivity contribution in [1.82, 2.24) is 5.32 Å². The van der Waals surface area contributed by atoms with Crippen molar-refractivity contribution in [2.75, 3.05) is 7.05 Å². The van der Waals surface area contributed by atoms with Crippen molar-refractivity contribution in [1.29, 1.82) is 0 Å². The third kappa shape index (κ3) is 3.98. The number of nitro benzene ring substituents is 1. The molecule has 1 atom stereocenters. The molecule has 0 radical (unpaired) electrons. The highest BCUT2D eigenvalue weighted by atomic mass is 79.9. The molecule has 0 aliphatic carbocycles. The van der Waals surface area contributed by atoms with E-state index in [1.165, 1.54) is 12.1 Å². The third-order valence-electron chi connectivity index (χ3n) is 3.14. The van der Waals surface area contributed by atoms with Crippen LogP contribution in [0.25, 0.3) is 0 Å². The predicted octanol–water partition coefficient (Wildman–Crippen LogP) is 3.67. The average Bonchev–Trinajstić information content (AvgIpc) is 2.27. The number of benzene rings is 1. The molecule has 0 heterocycles. The number of likely N-dealkylation sites (N-methyl/N-ethyl adjacent to an activating group) is 1. The number of halogens is 2. The molecule has 0 spiro atoms. The second-order valence-electron chi connectivity index (χ2n) is 5.56. The van der Waals surface area contributed by atoms with E-state index in [4.69, 9.17) is 0 Å². The molecule has 0 aliphatic rings. The van der Waals surface area contributed by atoms with Crippen LogP contribution in [0.5, 0.6) is 0 Å². The fraction of sp³-hybridized carbons (Fsp3) is 0.538. The zero-order chi connectivity index (χ0) is 14.8. The molecule has 1 rings (SSSR count). The molecule has 0 saturated carbocycles. The summed E-state index contributed by atoms with van der Waals surface area (Å²) in [5.41, 5.74) is 0.268. The van der Waals surface area contributed by atoms with Gasteiger partial charge in [-0.25, -0.2) is 4.39 Å². The Morgan fingerprint density at radius 3 is 2.47 bits per heavy atom. The normalized spacial score (nSPS) is 13.4. The summed E-state index contributed by atoms with van der Waals surface area (Å²) in [4.78, 5) is 10.6. The van der Waals surface area contributed by atoms with E-state index in [1.807, 2.05) is 20.8 Å². The smallest absolute Gasteiger partial charge is 0.273 e. The van der Waals surface area contributed by atoms with Gasteiger partial charge < -0.3 is 5.32 Å². The highest BCUT2D eigenvalue weighted by Gasteiger charge is 2.27. The first-order chi connectivity index (χ1) is 8.66. The van der Waals surface area contributed by atoms with E-state index in [0.717, 1.165) is 0 Å². The SMILES string of the molecule is CNC(Cc1cc(F)c(Br)cc1[N+](=O)[O-])C(C)(C)C. The summed E-state index contributed by atoms with van der Waals surface area (Å²) < 4.78 is 13.7. The van der Waals surface area contributed by atoms with Gasteiger partial charge in [0, 0.05) is 17.7 Å². The van der Waals surface area contributed by atoms with Gasteiger partial charge in [0.05, 0.1) is 9.40 Å². The topological polar surface area (TPSA) is 55.2 Å². The molecule has 1 N–H and O–H groups in total. The molecule has 1 aromatic carbocycles. The molecule has 6 heteroatoms. The number of hydrogen-bond donors (Lipinski definition) is 1. The molecular weight excluding hydrogens is 315 g/mol. The zero-order valence-corrected chi connectivity index (χ0v) is 13.0. The van der Waals surface area contributed by atoms with E-state index in [0.29, 0.717) is 12.0 Å². The maximum atomic E-state index is 13.6. The molecule has 1 unspecified atom stereocenters. The minimum atomic E-state index is -0.482. The van der Waals surface area contributed by atoms with Gasteiger partial charge >= 0.3 is 0 Å². The lowest BCUT2D eigenvalue weighted by atomic mass is 9.83. The van der Waals surface area contributed by atoms with Crippen molar-refractivity contribution in [3.63, 3.8) is 0 Å². The van der Waals surface area contributed by atoms with Gasteiger partial charge in [-0.3, -0.25) is 10.1 Å². The molecule has 106 valence electrons. The number of rotatable bonds is 4. The van der Waals surface area contributed by atoms with E-state index in [2.05, 4.69) is 21.2 Å². The highest BCUT2D eigenvalue weighted by molar-refractivity contribution is 9.10. The number of nitro groups is 1. The van der Waals surface area contributed by atoms with Crippen molar-refractivity contribution in [2.45, 2.75) is 33.2 Å². The van der Waals surface area contributed by atoms with E-state index < -0.39 is 10.7 Å². The molecule has 0 aliphatic heterocycles. The van der Waals surface area contributed by atoms with E-state index in [-0.39, 0.29) is 21.6 Å². The van der Waals surface area contributed by atoms with Crippen LogP contribution in [0.15, 0.2) is 16.6 Å². The van der Waals surface area contributed by atoms with Crippen LogP contribution in [-0.2, 0) is 6.42 Å². The Balaban J connectivity index is 3.19. The summed E-state index contributed by atoms with van der Waals surface area (Å²) >= 11 is 2.98. The molecule has 0 amide bonds. The second kappa shape index (κ2) is 5.96. The van der Waals surface area contributed by atoms with Crippen molar-refractivity contribution in [3.8, 4) is 0 Å². The Kier molecular flexibility index (Phi) is 5.04. The quantitative estimate of drug-likeness (QED) is 0.676. The first kappa shape index (κ1) is 16.0. The second-order valence-corrected chi connectivity index (χ2v) is 6.42. The molecule has 0 aromatic heterocycles. The van der Waals surface area contributed by atoms with Gasteiger partial charge in [0.2, 0.25) is 0 Å². The lowest BCUT2D eigenvalue weighted by Crippen LogP contribution is -2.39. The first-order valence-corrected chi connectivity index (χ1v) is 6.75. The Morgan fingerprint density at radius 2 is 2.05 bits per heavy atom. The molecule has 0 fully saturated rings. The van der Waals surface area contributed by atoms with Crippen LogP contribution < -0.4 is 5.32 Å². The van der Waals surface area contributed by atoms with Crippen LogP contribution in [0.4, 0.5) is 10.1 Å². The molecular formula is C13H18BrFN2O2. The number of nitrogens with one attached hydrogen (secondary N) is 1. The minimum absolute atomic E-state index is 0.0202. The summed E-state index contributed by atoms with van der Waals surface area (Å²) in [6.07, 6.45) is 0.403. The van der Waals surface area contributed by atoms with Crippen LogP contribution in [-0.4, -0.2) is 18.0 Å². The van der Waals surface area contributed by atoms with Crippen molar-refractivity contribution < 1.29 is 9.31 Å². The minimum Gasteiger partial charge on any atom is -0.316 e. The largest absolute Gasteiger partial charge is 0.316 e. The number of hydrogen-bond acceptors (Lipinski definition) is 3. The van der Waals surface area contributed by atoms with Gasteiger partial charge in [-0.05, 0) is 40.9 Å². The molecule has 19 heavy (non-hydrogen) atoms. The Labute approximate surface area is 120 Å². The Morgan fingerprint density at radius 1 is 1.47 bits per heavy atom. The van der Waals surface area contributed by atoms with Crippen LogP contribution in [0.2, 0.25) is 0 Å². The van der Waals surface area contributed by atoms with Crippen LogP contribution in [0.3, 0.4) is 0 Å². The lowest BCUT2D eigenvalue weighted by Gasteiger charge is -2.30. The highest BCUT2D eigenvalue weighted by Crippen LogP contribution is 2.30. The molecule has 0 saturated heterocycles. The first-order valence-electron chi connectivity index (χ1n) is 5.96. The summed E-state index contributed by atoms with van der Waals surface area (Å²) in [5, 5.41) is 14.2. The van der Waals surface area contributed by atoms with Crippen molar-refractivity contribution in [3.05, 3.63) is 38.1 Å². The van der Waals surface area contributed by atoms with Crippen LogP contribution >= 0.6 is 15.9 Å². The summed E-state index contributed by atoms with van der Waals surface area (Å²) in [7, 11) is 1.80. The van der Waals surface area contributed by atoms with E-state index >= 15 is 0 Å². The molecule has 0 bridgehead atoms. The van der Waals surface area contributed by atoms with Gasteiger partial charge in [-0.15, -0.1) is 0 Å². The maximum Gasteiger partial charge on any atom is 0.273 e. The summed E-state index contributed by atoms with van der Waals surface area (Å²) in [6, 6.07) is 2.48. The van der Waals surface area contributed by atoms with Gasteiger partial charge in [0.15, 0.2) is 0 Å². The lowest BCUT2D eigenvalue weighted by molar-refractivity contribution is -0.385. The van der Waals surface area contributed by atoms with Crippen LogP contribution in [0, 0.1) is 21.3 Å². The fourth-order valence-corrected chi connectivity index (χ4v) is 2.30. The third-order valence-corrected chi connectivity index (χ3v) is 3.74. The van der Waals surface area contributed by atoms with Crippen molar-refractivity contribution in [2.24, 2.45) is 5.41 Å². The number of nitrogens with zero attached hydrogens (tertiary/aromatic N) is 1. The van der Waals surface area contributed by atoms with Gasteiger partial charge in [0.25, 0.3) is 5.69 Å². The fourth-order valence-electron chi connectivity index (χ4n) is 1.97. The van der Waals surface area contributed by atoms with Crippen molar-refractivity contribution >= 4 is 21.6 Å². The van der Waals surface area contributed by atoms with Crippen LogP contribution in [0.1, 0.15) is 26.3 Å². The standard InChI is InChI=1S/C13H18BrFN2O2/c1-13(2,3)12(16-4)6-8-5-10(15)9(14)7-11(8)17(18)19/h5,7,12,16H,6H2,1-4H3. The van der Waals surface area contributed by atoms with Gasteiger partial charge in [-0.2, -0.15) is 0 Å². The van der Waals surface area contributed by atoms with E-state index in [1.54, 1.807) is 7.05 Å². The monoisotopic (exact) mass is 332 g/mol. The van der Waals surface area contributed by atoms with Gasteiger partial charge in [0.1, 0.15) is 5.82 Å². The average molecular weight is 333 g/mol. The van der Waals surface area contributed by atoms with E-state index in [9.17, 15) is 14.5 Å². The summed E-state index contributed by atoms with van der Waals surface area (Å²) in [5.74, 6) is -0.482. The molecule has 4 nitrogen and oxygen atoms in total. The predicted molar refractivity (Wildman–Crippen MR) is 76.8 cm³/mol. The Bertz CT molecular complexity index is 486. The molecule has 1 aromatic rings. The maximum absolute atomic E-state index is 13.6.